The van der Waals surface area contributed by atoms with E-state index in [1.807, 2.05) is 18.2 Å². The molecule has 0 aliphatic carbocycles. The second-order valence-electron chi connectivity index (χ2n) is 6.69. The number of nitrogens with one attached hydrogen (secondary N) is 1. The van der Waals surface area contributed by atoms with Gasteiger partial charge in [-0.05, 0) is 49.2 Å². The molecular formula is C21H21BrClN3O3. The van der Waals surface area contributed by atoms with Gasteiger partial charge in [-0.2, -0.15) is 0 Å². The molecule has 0 saturated carbocycles. The van der Waals surface area contributed by atoms with Crippen LogP contribution in [-0.2, 0) is 9.59 Å². The molecule has 1 fully saturated rings. The Morgan fingerprint density at radius 1 is 1.34 bits per heavy atom. The lowest BCUT2D eigenvalue weighted by Crippen LogP contribution is -2.43. The van der Waals surface area contributed by atoms with Gasteiger partial charge in [0.25, 0.3) is 0 Å². The van der Waals surface area contributed by atoms with Crippen molar-refractivity contribution in [2.45, 2.75) is 12.8 Å². The normalized spacial score (nSPS) is 16.7. The zero-order valence-electron chi connectivity index (χ0n) is 15.9. The maximum absolute atomic E-state index is 12.6. The number of ether oxygens (including phenoxy) is 1. The summed E-state index contributed by atoms with van der Waals surface area (Å²) in [4.78, 5) is 31.0. The van der Waals surface area contributed by atoms with Gasteiger partial charge in [-0.3, -0.25) is 9.59 Å². The van der Waals surface area contributed by atoms with Crippen molar-refractivity contribution in [2.24, 2.45) is 5.92 Å². The SMILES string of the molecule is COc1ccc(Br)cc1/C=C/C(=O)N1CCCC(C(=O)Nc2ccc(Cl)cn2)C1. The van der Waals surface area contributed by atoms with E-state index in [0.29, 0.717) is 29.7 Å². The lowest BCUT2D eigenvalue weighted by atomic mass is 9.97. The topological polar surface area (TPSA) is 71.5 Å². The van der Waals surface area contributed by atoms with Gasteiger partial charge in [-0.15, -0.1) is 0 Å². The predicted molar refractivity (Wildman–Crippen MR) is 117 cm³/mol. The van der Waals surface area contributed by atoms with E-state index in [1.165, 1.54) is 12.3 Å². The molecular weight excluding hydrogens is 458 g/mol. The van der Waals surface area contributed by atoms with Gasteiger partial charge in [0.2, 0.25) is 11.8 Å². The Kier molecular flexibility index (Phi) is 7.28. The average Bonchev–Trinajstić information content (AvgIpc) is 2.73. The van der Waals surface area contributed by atoms with Crippen molar-refractivity contribution in [3.8, 4) is 5.75 Å². The fraction of sp³-hybridized carbons (Fsp3) is 0.286. The number of amides is 2. The van der Waals surface area contributed by atoms with Crippen LogP contribution in [0.15, 0.2) is 47.1 Å². The van der Waals surface area contributed by atoms with Crippen molar-refractivity contribution < 1.29 is 14.3 Å². The van der Waals surface area contributed by atoms with E-state index < -0.39 is 0 Å². The fourth-order valence-electron chi connectivity index (χ4n) is 3.17. The first-order valence-electron chi connectivity index (χ1n) is 9.19. The minimum Gasteiger partial charge on any atom is -0.496 e. The summed E-state index contributed by atoms with van der Waals surface area (Å²) in [5.41, 5.74) is 0.801. The number of halogens is 2. The van der Waals surface area contributed by atoms with Gasteiger partial charge in [-0.25, -0.2) is 4.98 Å². The van der Waals surface area contributed by atoms with E-state index in [0.717, 1.165) is 22.9 Å². The van der Waals surface area contributed by atoms with Crippen LogP contribution in [0.1, 0.15) is 18.4 Å². The number of hydrogen-bond acceptors (Lipinski definition) is 4. The summed E-state index contributed by atoms with van der Waals surface area (Å²) in [6.45, 7) is 1.000. The molecule has 1 aromatic heterocycles. The third-order valence-corrected chi connectivity index (χ3v) is 5.40. The van der Waals surface area contributed by atoms with E-state index in [1.54, 1.807) is 30.2 Å². The molecule has 0 spiro atoms. The smallest absolute Gasteiger partial charge is 0.246 e. The Labute approximate surface area is 183 Å². The van der Waals surface area contributed by atoms with Crippen molar-refractivity contribution >= 4 is 51.2 Å². The maximum Gasteiger partial charge on any atom is 0.246 e. The molecule has 2 amide bonds. The number of aromatic nitrogens is 1. The molecule has 152 valence electrons. The van der Waals surface area contributed by atoms with Crippen LogP contribution in [0.5, 0.6) is 5.75 Å². The summed E-state index contributed by atoms with van der Waals surface area (Å²) in [5.74, 6) is 0.580. The number of carbonyl (C=O) groups is 2. The molecule has 2 heterocycles. The van der Waals surface area contributed by atoms with E-state index in [-0.39, 0.29) is 17.7 Å². The minimum atomic E-state index is -0.279. The van der Waals surface area contributed by atoms with Gasteiger partial charge in [0.05, 0.1) is 18.1 Å². The third-order valence-electron chi connectivity index (χ3n) is 4.68. The Balaban J connectivity index is 1.62. The highest BCUT2D eigenvalue weighted by Gasteiger charge is 2.27. The van der Waals surface area contributed by atoms with Crippen molar-refractivity contribution in [3.05, 3.63) is 57.7 Å². The van der Waals surface area contributed by atoms with Gasteiger partial charge >= 0.3 is 0 Å². The van der Waals surface area contributed by atoms with Crippen LogP contribution in [0.3, 0.4) is 0 Å². The van der Waals surface area contributed by atoms with E-state index in [2.05, 4.69) is 26.2 Å². The molecule has 3 rings (SSSR count). The average molecular weight is 479 g/mol. The van der Waals surface area contributed by atoms with Crippen LogP contribution in [0.25, 0.3) is 6.08 Å². The van der Waals surface area contributed by atoms with Gasteiger partial charge in [0, 0.05) is 35.4 Å². The van der Waals surface area contributed by atoms with Crippen molar-refractivity contribution in [1.82, 2.24) is 9.88 Å². The molecule has 2 aromatic rings. The Bertz CT molecular complexity index is 918. The van der Waals surface area contributed by atoms with Gasteiger partial charge in [0.1, 0.15) is 11.6 Å². The first kappa shape index (κ1) is 21.3. The molecule has 29 heavy (non-hydrogen) atoms. The first-order valence-corrected chi connectivity index (χ1v) is 10.4. The monoisotopic (exact) mass is 477 g/mol. The second-order valence-corrected chi connectivity index (χ2v) is 8.05. The number of carbonyl (C=O) groups excluding carboxylic acids is 2. The minimum absolute atomic E-state index is 0.130. The molecule has 1 aliphatic rings. The van der Waals surface area contributed by atoms with Crippen LogP contribution < -0.4 is 10.1 Å². The zero-order valence-corrected chi connectivity index (χ0v) is 18.2. The number of benzene rings is 1. The number of rotatable bonds is 5. The van der Waals surface area contributed by atoms with Gasteiger partial charge < -0.3 is 15.0 Å². The third kappa shape index (κ3) is 5.81. The summed E-state index contributed by atoms with van der Waals surface area (Å²) in [7, 11) is 1.59. The molecule has 1 N–H and O–H groups in total. The van der Waals surface area contributed by atoms with E-state index in [9.17, 15) is 9.59 Å². The van der Waals surface area contributed by atoms with Gasteiger partial charge in [-0.1, -0.05) is 27.5 Å². The maximum atomic E-state index is 12.6. The summed E-state index contributed by atoms with van der Waals surface area (Å²) in [5, 5.41) is 3.30. The number of likely N-dealkylation sites (tertiary alicyclic amines) is 1. The van der Waals surface area contributed by atoms with E-state index >= 15 is 0 Å². The Hall–Kier alpha value is -2.38. The van der Waals surface area contributed by atoms with Crippen LogP contribution in [0, 0.1) is 5.92 Å². The Morgan fingerprint density at radius 3 is 2.90 bits per heavy atom. The molecule has 1 unspecified atom stereocenters. The predicted octanol–water partition coefficient (Wildman–Crippen LogP) is 4.40. The zero-order chi connectivity index (χ0) is 20.8. The van der Waals surface area contributed by atoms with Crippen LogP contribution in [-0.4, -0.2) is 41.9 Å². The van der Waals surface area contributed by atoms with Crippen molar-refractivity contribution in [3.63, 3.8) is 0 Å². The highest BCUT2D eigenvalue weighted by atomic mass is 79.9. The fourth-order valence-corrected chi connectivity index (χ4v) is 3.66. The second kappa shape index (κ2) is 9.89. The molecule has 1 aliphatic heterocycles. The number of methoxy groups -OCH3 is 1. The number of anilines is 1. The number of pyridine rings is 1. The lowest BCUT2D eigenvalue weighted by Gasteiger charge is -2.31. The van der Waals surface area contributed by atoms with Crippen molar-refractivity contribution in [2.75, 3.05) is 25.5 Å². The van der Waals surface area contributed by atoms with Crippen molar-refractivity contribution in [1.29, 1.82) is 0 Å². The number of piperidine rings is 1. The summed E-state index contributed by atoms with van der Waals surface area (Å²) in [6, 6.07) is 8.91. The Morgan fingerprint density at radius 2 is 2.17 bits per heavy atom. The molecule has 0 bridgehead atoms. The quantitative estimate of drug-likeness (QED) is 0.647. The van der Waals surface area contributed by atoms with Crippen LogP contribution >= 0.6 is 27.5 Å². The molecule has 1 atom stereocenters. The van der Waals surface area contributed by atoms with Gasteiger partial charge in [0.15, 0.2) is 0 Å². The first-order chi connectivity index (χ1) is 14.0. The largest absolute Gasteiger partial charge is 0.496 e. The molecule has 1 aromatic carbocycles. The lowest BCUT2D eigenvalue weighted by molar-refractivity contribution is -0.130. The molecule has 0 radical (unpaired) electrons. The van der Waals surface area contributed by atoms with Crippen LogP contribution in [0.4, 0.5) is 5.82 Å². The standard InChI is InChI=1S/C21H21BrClN3O3/c1-29-18-7-5-16(22)11-14(18)4-9-20(27)26-10-2-3-15(13-26)21(28)25-19-8-6-17(23)12-24-19/h4-9,11-12,15H,2-3,10,13H2,1H3,(H,24,25,28)/b9-4+. The summed E-state index contributed by atoms with van der Waals surface area (Å²) < 4.78 is 6.23. The summed E-state index contributed by atoms with van der Waals surface area (Å²) in [6.07, 6.45) is 6.23. The highest BCUT2D eigenvalue weighted by Crippen LogP contribution is 2.25. The number of hydrogen-bond donors (Lipinski definition) is 1. The molecule has 1 saturated heterocycles. The number of nitrogens with zero attached hydrogens (tertiary/aromatic N) is 2. The van der Waals surface area contributed by atoms with Crippen LogP contribution in [0.2, 0.25) is 5.02 Å². The molecule has 6 nitrogen and oxygen atoms in total. The highest BCUT2D eigenvalue weighted by molar-refractivity contribution is 9.10. The molecule has 8 heteroatoms. The summed E-state index contributed by atoms with van der Waals surface area (Å²) >= 11 is 9.24. The van der Waals surface area contributed by atoms with E-state index in [4.69, 9.17) is 16.3 Å².